The van der Waals surface area contributed by atoms with Crippen LogP contribution >= 0.6 is 0 Å². The highest BCUT2D eigenvalue weighted by Gasteiger charge is 2.21. The van der Waals surface area contributed by atoms with Crippen molar-refractivity contribution >= 4 is 11.9 Å². The van der Waals surface area contributed by atoms with E-state index in [4.69, 9.17) is 0 Å². The number of likely N-dealkylation sites (tertiary alicyclic amines) is 1. The Balaban J connectivity index is 1.72. The molecule has 1 fully saturated rings. The maximum atomic E-state index is 12.2. The minimum Gasteiger partial charge on any atom is -0.294 e. The third-order valence-corrected chi connectivity index (χ3v) is 4.39. The molecule has 118 valence electrons. The molecule has 2 heteroatoms. The van der Waals surface area contributed by atoms with E-state index < -0.39 is 0 Å². The lowest BCUT2D eigenvalue weighted by Gasteiger charge is -2.27. The van der Waals surface area contributed by atoms with Crippen LogP contribution in [0.25, 0.3) is 6.08 Å². The summed E-state index contributed by atoms with van der Waals surface area (Å²) in [6.45, 7) is 4.64. The fourth-order valence-electron chi connectivity index (χ4n) is 2.98. The standard InChI is InChI=1S/C21H23NO/c1-2-17-8-10-18(11-9-17)14-20-16-22(13-12-21(20)23)15-19-6-4-3-5-7-19/h3-11,14H,2,12-13,15-16H2,1H3/b20-14+. The Kier molecular flexibility index (Phi) is 5.04. The van der Waals surface area contributed by atoms with Crippen molar-refractivity contribution in [3.63, 3.8) is 0 Å². The zero-order chi connectivity index (χ0) is 16.1. The number of carbonyl (C=O) groups excluding carboxylic acids is 1. The minimum atomic E-state index is 0.286. The maximum absolute atomic E-state index is 12.2. The maximum Gasteiger partial charge on any atom is 0.161 e. The number of piperidine rings is 1. The summed E-state index contributed by atoms with van der Waals surface area (Å²) >= 11 is 0. The van der Waals surface area contributed by atoms with Gasteiger partial charge in [0.05, 0.1) is 0 Å². The van der Waals surface area contributed by atoms with Crippen LogP contribution in [-0.4, -0.2) is 23.8 Å². The lowest BCUT2D eigenvalue weighted by molar-refractivity contribution is -0.117. The largest absolute Gasteiger partial charge is 0.294 e. The van der Waals surface area contributed by atoms with Gasteiger partial charge in [-0.2, -0.15) is 0 Å². The van der Waals surface area contributed by atoms with Crippen molar-refractivity contribution in [2.75, 3.05) is 13.1 Å². The number of hydrogen-bond donors (Lipinski definition) is 0. The summed E-state index contributed by atoms with van der Waals surface area (Å²) in [6.07, 6.45) is 3.71. The predicted molar refractivity (Wildman–Crippen MR) is 95.1 cm³/mol. The van der Waals surface area contributed by atoms with Crippen LogP contribution in [0.15, 0.2) is 60.2 Å². The fraction of sp³-hybridized carbons (Fsp3) is 0.286. The van der Waals surface area contributed by atoms with Crippen LogP contribution in [0.5, 0.6) is 0 Å². The van der Waals surface area contributed by atoms with E-state index in [1.54, 1.807) is 0 Å². The molecule has 0 aliphatic carbocycles. The van der Waals surface area contributed by atoms with E-state index in [0.717, 1.165) is 37.2 Å². The first-order valence-corrected chi connectivity index (χ1v) is 8.33. The van der Waals surface area contributed by atoms with Gasteiger partial charge in [0, 0.05) is 31.6 Å². The Morgan fingerprint density at radius 2 is 1.74 bits per heavy atom. The van der Waals surface area contributed by atoms with Crippen molar-refractivity contribution in [2.24, 2.45) is 0 Å². The molecule has 2 nitrogen and oxygen atoms in total. The van der Waals surface area contributed by atoms with Crippen LogP contribution in [0, 0.1) is 0 Å². The smallest absolute Gasteiger partial charge is 0.161 e. The summed E-state index contributed by atoms with van der Waals surface area (Å²) in [5, 5.41) is 0. The van der Waals surface area contributed by atoms with Crippen LogP contribution in [0.3, 0.4) is 0 Å². The van der Waals surface area contributed by atoms with E-state index in [1.165, 1.54) is 11.1 Å². The number of hydrogen-bond acceptors (Lipinski definition) is 2. The van der Waals surface area contributed by atoms with E-state index >= 15 is 0 Å². The molecule has 0 aromatic heterocycles. The summed E-state index contributed by atoms with van der Waals surface area (Å²) in [5.74, 6) is 0.286. The molecule has 1 aliphatic heterocycles. The third-order valence-electron chi connectivity index (χ3n) is 4.39. The number of aryl methyl sites for hydroxylation is 1. The topological polar surface area (TPSA) is 20.3 Å². The lowest BCUT2D eigenvalue weighted by Crippen LogP contribution is -2.35. The molecule has 3 rings (SSSR count). The Labute approximate surface area is 138 Å². The summed E-state index contributed by atoms with van der Waals surface area (Å²) < 4.78 is 0. The second-order valence-electron chi connectivity index (χ2n) is 6.13. The molecule has 0 unspecified atom stereocenters. The molecule has 0 atom stereocenters. The van der Waals surface area contributed by atoms with Gasteiger partial charge in [-0.15, -0.1) is 0 Å². The van der Waals surface area contributed by atoms with Crippen molar-refractivity contribution in [3.8, 4) is 0 Å². The van der Waals surface area contributed by atoms with E-state index in [1.807, 2.05) is 6.07 Å². The Bertz CT molecular complexity index is 686. The average Bonchev–Trinajstić information content (AvgIpc) is 2.59. The van der Waals surface area contributed by atoms with Crippen LogP contribution in [0.2, 0.25) is 0 Å². The van der Waals surface area contributed by atoms with E-state index in [-0.39, 0.29) is 5.78 Å². The quantitative estimate of drug-likeness (QED) is 0.792. The molecule has 23 heavy (non-hydrogen) atoms. The van der Waals surface area contributed by atoms with Crippen molar-refractivity contribution < 1.29 is 4.79 Å². The molecule has 1 saturated heterocycles. The normalized spacial score (nSPS) is 17.6. The highest BCUT2D eigenvalue weighted by atomic mass is 16.1. The molecule has 0 N–H and O–H groups in total. The zero-order valence-electron chi connectivity index (χ0n) is 13.7. The average molecular weight is 305 g/mol. The molecular weight excluding hydrogens is 282 g/mol. The highest BCUT2D eigenvalue weighted by Crippen LogP contribution is 2.18. The lowest BCUT2D eigenvalue weighted by atomic mass is 9.99. The molecule has 0 spiro atoms. The molecular formula is C21H23NO. The van der Waals surface area contributed by atoms with E-state index in [0.29, 0.717) is 6.42 Å². The number of rotatable bonds is 4. The van der Waals surface area contributed by atoms with Gasteiger partial charge in [-0.1, -0.05) is 61.5 Å². The molecule has 0 amide bonds. The molecule has 1 heterocycles. The van der Waals surface area contributed by atoms with Gasteiger partial charge < -0.3 is 0 Å². The molecule has 0 saturated carbocycles. The Hall–Kier alpha value is -2.19. The number of Topliss-reactive ketones (excluding diaryl/α,β-unsaturated/α-hetero) is 1. The third kappa shape index (κ3) is 4.17. The van der Waals surface area contributed by atoms with Gasteiger partial charge in [0.25, 0.3) is 0 Å². The molecule has 0 bridgehead atoms. The summed E-state index contributed by atoms with van der Waals surface area (Å²) in [4.78, 5) is 14.6. The molecule has 2 aromatic carbocycles. The van der Waals surface area contributed by atoms with Crippen LogP contribution < -0.4 is 0 Å². The second-order valence-corrected chi connectivity index (χ2v) is 6.13. The number of ketones is 1. The van der Waals surface area contributed by atoms with Crippen molar-refractivity contribution in [2.45, 2.75) is 26.3 Å². The van der Waals surface area contributed by atoms with Gasteiger partial charge in [-0.25, -0.2) is 0 Å². The van der Waals surface area contributed by atoms with E-state index in [2.05, 4.69) is 66.4 Å². The first kappa shape index (κ1) is 15.7. The van der Waals surface area contributed by atoms with Crippen molar-refractivity contribution in [3.05, 3.63) is 76.9 Å². The zero-order valence-corrected chi connectivity index (χ0v) is 13.7. The van der Waals surface area contributed by atoms with Gasteiger partial charge in [-0.3, -0.25) is 9.69 Å². The van der Waals surface area contributed by atoms with Gasteiger partial charge in [0.2, 0.25) is 0 Å². The molecule has 0 radical (unpaired) electrons. The van der Waals surface area contributed by atoms with Crippen LogP contribution in [0.1, 0.15) is 30.0 Å². The van der Waals surface area contributed by atoms with Gasteiger partial charge in [0.1, 0.15) is 0 Å². The Morgan fingerprint density at radius 1 is 1.00 bits per heavy atom. The number of carbonyl (C=O) groups is 1. The van der Waals surface area contributed by atoms with Gasteiger partial charge in [0.15, 0.2) is 5.78 Å². The highest BCUT2D eigenvalue weighted by molar-refractivity contribution is 6.00. The minimum absolute atomic E-state index is 0.286. The summed E-state index contributed by atoms with van der Waals surface area (Å²) in [6, 6.07) is 18.9. The van der Waals surface area contributed by atoms with Crippen molar-refractivity contribution in [1.82, 2.24) is 4.90 Å². The van der Waals surface area contributed by atoms with Gasteiger partial charge >= 0.3 is 0 Å². The van der Waals surface area contributed by atoms with Crippen LogP contribution in [-0.2, 0) is 17.8 Å². The van der Waals surface area contributed by atoms with E-state index in [9.17, 15) is 4.79 Å². The van der Waals surface area contributed by atoms with Gasteiger partial charge in [-0.05, 0) is 29.2 Å². The SMILES string of the molecule is CCc1ccc(/C=C2\CN(Cc3ccccc3)CCC2=O)cc1. The molecule has 2 aromatic rings. The first-order chi connectivity index (χ1) is 11.2. The van der Waals surface area contributed by atoms with Crippen LogP contribution in [0.4, 0.5) is 0 Å². The summed E-state index contributed by atoms with van der Waals surface area (Å²) in [7, 11) is 0. The second kappa shape index (κ2) is 7.38. The first-order valence-electron chi connectivity index (χ1n) is 8.33. The van der Waals surface area contributed by atoms with Crippen molar-refractivity contribution in [1.29, 1.82) is 0 Å². The fourth-order valence-corrected chi connectivity index (χ4v) is 2.98. The number of nitrogens with zero attached hydrogens (tertiary/aromatic N) is 1. The summed E-state index contributed by atoms with van der Waals surface area (Å²) in [5.41, 5.74) is 4.67. The molecule has 1 aliphatic rings. The Morgan fingerprint density at radius 3 is 2.43 bits per heavy atom. The monoisotopic (exact) mass is 305 g/mol. The number of benzene rings is 2. The predicted octanol–water partition coefficient (Wildman–Crippen LogP) is 4.11.